The molecule has 0 aliphatic carbocycles. The van der Waals surface area contributed by atoms with Gasteiger partial charge in [0.05, 0.1) is 11.7 Å². The van der Waals surface area contributed by atoms with Crippen LogP contribution in [0.25, 0.3) is 0 Å². The summed E-state index contributed by atoms with van der Waals surface area (Å²) in [5.41, 5.74) is 3.90. The minimum atomic E-state index is -0.266. The van der Waals surface area contributed by atoms with Gasteiger partial charge in [0.1, 0.15) is 11.5 Å². The third kappa shape index (κ3) is 3.31. The van der Waals surface area contributed by atoms with Gasteiger partial charge in [0.15, 0.2) is 0 Å². The van der Waals surface area contributed by atoms with Crippen molar-refractivity contribution in [2.45, 2.75) is 32.7 Å². The summed E-state index contributed by atoms with van der Waals surface area (Å²) in [7, 11) is 0. The lowest BCUT2D eigenvalue weighted by molar-refractivity contribution is -0.115. The maximum absolute atomic E-state index is 13.7. The van der Waals surface area contributed by atoms with Gasteiger partial charge in [-0.05, 0) is 55.5 Å². The van der Waals surface area contributed by atoms with E-state index in [9.17, 15) is 9.18 Å². The van der Waals surface area contributed by atoms with Crippen molar-refractivity contribution >= 4 is 17.3 Å². The predicted octanol–water partition coefficient (Wildman–Crippen LogP) is 4.03. The summed E-state index contributed by atoms with van der Waals surface area (Å²) >= 11 is 0. The lowest BCUT2D eigenvalue weighted by atomic mass is 10.0. The van der Waals surface area contributed by atoms with Crippen molar-refractivity contribution in [3.8, 4) is 0 Å². The summed E-state index contributed by atoms with van der Waals surface area (Å²) < 4.78 is 13.7. The number of aryl methyl sites for hydroxylation is 2. The molecule has 0 bridgehead atoms. The average molecular weight is 310 g/mol. The van der Waals surface area contributed by atoms with Gasteiger partial charge in [0, 0.05) is 0 Å². The van der Waals surface area contributed by atoms with Crippen molar-refractivity contribution in [1.29, 1.82) is 0 Å². The standard InChI is InChI=1S/C19H19FN2O/c1-12-7-8-15(11-16(12)20)13(2)21-19(23)18-10-9-14-5-3-4-6-17(14)22-18/h3-8,11,13H,9-10H2,1-2H3,(H,21,23). The van der Waals surface area contributed by atoms with Crippen molar-refractivity contribution in [2.75, 3.05) is 0 Å². The number of fused-ring (bicyclic) bond motifs is 1. The van der Waals surface area contributed by atoms with Crippen LogP contribution in [0.1, 0.15) is 36.1 Å². The first kappa shape index (κ1) is 15.4. The molecule has 3 rings (SSSR count). The van der Waals surface area contributed by atoms with Crippen molar-refractivity contribution in [1.82, 2.24) is 5.32 Å². The van der Waals surface area contributed by atoms with E-state index in [-0.39, 0.29) is 17.8 Å². The number of carbonyl (C=O) groups excluding carboxylic acids is 1. The molecule has 0 radical (unpaired) electrons. The predicted molar refractivity (Wildman–Crippen MR) is 89.6 cm³/mol. The van der Waals surface area contributed by atoms with Crippen LogP contribution in [0.3, 0.4) is 0 Å². The Morgan fingerprint density at radius 3 is 2.78 bits per heavy atom. The zero-order valence-corrected chi connectivity index (χ0v) is 13.3. The lowest BCUT2D eigenvalue weighted by Crippen LogP contribution is -2.34. The van der Waals surface area contributed by atoms with Crippen LogP contribution in [-0.4, -0.2) is 11.6 Å². The third-order valence-electron chi connectivity index (χ3n) is 4.18. The quantitative estimate of drug-likeness (QED) is 0.913. The Morgan fingerprint density at radius 1 is 1.22 bits per heavy atom. The Labute approximate surface area is 135 Å². The summed E-state index contributed by atoms with van der Waals surface area (Å²) in [4.78, 5) is 16.9. The number of amides is 1. The molecule has 118 valence electrons. The van der Waals surface area contributed by atoms with Gasteiger partial charge in [0.25, 0.3) is 5.91 Å². The maximum atomic E-state index is 13.7. The van der Waals surface area contributed by atoms with Gasteiger partial charge in [-0.15, -0.1) is 0 Å². The Kier molecular flexibility index (Phi) is 4.24. The van der Waals surface area contributed by atoms with E-state index < -0.39 is 0 Å². The minimum Gasteiger partial charge on any atom is -0.344 e. The average Bonchev–Trinajstić information content (AvgIpc) is 2.56. The van der Waals surface area contributed by atoms with E-state index in [1.165, 1.54) is 6.07 Å². The highest BCUT2D eigenvalue weighted by molar-refractivity contribution is 6.39. The molecule has 3 nitrogen and oxygen atoms in total. The summed E-state index contributed by atoms with van der Waals surface area (Å²) in [5.74, 6) is -0.444. The largest absolute Gasteiger partial charge is 0.344 e. The topological polar surface area (TPSA) is 41.5 Å². The van der Waals surface area contributed by atoms with Gasteiger partial charge >= 0.3 is 0 Å². The summed E-state index contributed by atoms with van der Waals surface area (Å²) in [6, 6.07) is 12.6. The van der Waals surface area contributed by atoms with Crippen LogP contribution in [0.2, 0.25) is 0 Å². The number of para-hydroxylation sites is 1. The van der Waals surface area contributed by atoms with Gasteiger partial charge in [-0.3, -0.25) is 4.79 Å². The zero-order valence-electron chi connectivity index (χ0n) is 13.3. The first-order valence-corrected chi connectivity index (χ1v) is 7.77. The number of benzene rings is 2. The van der Waals surface area contributed by atoms with Crippen molar-refractivity contribution < 1.29 is 9.18 Å². The Balaban J connectivity index is 1.74. The number of nitrogens with zero attached hydrogens (tertiary/aromatic N) is 1. The summed E-state index contributed by atoms with van der Waals surface area (Å²) in [6.07, 6.45) is 1.44. The molecule has 23 heavy (non-hydrogen) atoms. The van der Waals surface area contributed by atoms with E-state index in [1.807, 2.05) is 37.3 Å². The van der Waals surface area contributed by atoms with Crippen molar-refractivity contribution in [3.63, 3.8) is 0 Å². The van der Waals surface area contributed by atoms with E-state index in [1.54, 1.807) is 13.0 Å². The van der Waals surface area contributed by atoms with E-state index in [0.717, 1.165) is 23.2 Å². The Morgan fingerprint density at radius 2 is 2.00 bits per heavy atom. The molecule has 1 aliphatic rings. The van der Waals surface area contributed by atoms with Gasteiger partial charge in [-0.25, -0.2) is 9.38 Å². The van der Waals surface area contributed by atoms with Crippen molar-refractivity contribution in [3.05, 3.63) is 65.0 Å². The van der Waals surface area contributed by atoms with E-state index in [0.29, 0.717) is 17.7 Å². The molecule has 1 heterocycles. The van der Waals surface area contributed by atoms with E-state index in [4.69, 9.17) is 0 Å². The lowest BCUT2D eigenvalue weighted by Gasteiger charge is -2.18. The molecule has 1 N–H and O–H groups in total. The Hall–Kier alpha value is -2.49. The monoisotopic (exact) mass is 310 g/mol. The van der Waals surface area contributed by atoms with Crippen molar-refractivity contribution in [2.24, 2.45) is 4.99 Å². The van der Waals surface area contributed by atoms with Crippen LogP contribution >= 0.6 is 0 Å². The second kappa shape index (κ2) is 6.32. The third-order valence-corrected chi connectivity index (χ3v) is 4.18. The summed E-state index contributed by atoms with van der Waals surface area (Å²) in [6.45, 7) is 3.57. The summed E-state index contributed by atoms with van der Waals surface area (Å²) in [5, 5.41) is 2.91. The fraction of sp³-hybridized carbons (Fsp3) is 0.263. The fourth-order valence-electron chi connectivity index (χ4n) is 2.69. The number of carbonyl (C=O) groups is 1. The second-order valence-corrected chi connectivity index (χ2v) is 5.89. The first-order chi connectivity index (χ1) is 11.0. The maximum Gasteiger partial charge on any atom is 0.266 e. The molecule has 1 atom stereocenters. The number of hydrogen-bond donors (Lipinski definition) is 1. The second-order valence-electron chi connectivity index (χ2n) is 5.89. The highest BCUT2D eigenvalue weighted by Crippen LogP contribution is 2.25. The number of nitrogens with one attached hydrogen (secondary N) is 1. The molecule has 0 aromatic heterocycles. The van der Waals surface area contributed by atoms with Gasteiger partial charge in [0.2, 0.25) is 0 Å². The molecule has 1 unspecified atom stereocenters. The highest BCUT2D eigenvalue weighted by atomic mass is 19.1. The van der Waals surface area contributed by atoms with Crippen LogP contribution in [0.15, 0.2) is 47.5 Å². The van der Waals surface area contributed by atoms with E-state index >= 15 is 0 Å². The Bertz CT molecular complexity index is 783. The fourth-order valence-corrected chi connectivity index (χ4v) is 2.69. The van der Waals surface area contributed by atoms with Crippen LogP contribution in [0.5, 0.6) is 0 Å². The van der Waals surface area contributed by atoms with Crippen LogP contribution in [0.4, 0.5) is 10.1 Å². The minimum absolute atomic E-state index is 0.187. The van der Waals surface area contributed by atoms with Gasteiger partial charge < -0.3 is 5.32 Å². The molecule has 0 fully saturated rings. The number of rotatable bonds is 3. The molecule has 1 aliphatic heterocycles. The van der Waals surface area contributed by atoms with E-state index in [2.05, 4.69) is 10.3 Å². The van der Waals surface area contributed by atoms with Gasteiger partial charge in [-0.1, -0.05) is 30.3 Å². The highest BCUT2D eigenvalue weighted by Gasteiger charge is 2.19. The normalized spacial score (nSPS) is 14.7. The number of halogens is 1. The first-order valence-electron chi connectivity index (χ1n) is 7.77. The van der Waals surface area contributed by atoms with Crippen LogP contribution in [0, 0.1) is 12.7 Å². The molecular weight excluding hydrogens is 291 g/mol. The molecule has 0 spiro atoms. The zero-order chi connectivity index (χ0) is 16.4. The molecule has 0 saturated heterocycles. The molecule has 2 aromatic carbocycles. The number of hydrogen-bond acceptors (Lipinski definition) is 2. The smallest absolute Gasteiger partial charge is 0.266 e. The molecule has 0 saturated carbocycles. The van der Waals surface area contributed by atoms with Gasteiger partial charge in [-0.2, -0.15) is 0 Å². The molecule has 4 heteroatoms. The molecule has 1 amide bonds. The molecular formula is C19H19FN2O. The molecule has 2 aromatic rings. The van der Waals surface area contributed by atoms with Crippen LogP contribution in [-0.2, 0) is 11.2 Å². The SMILES string of the molecule is Cc1ccc(C(C)NC(=O)C2=Nc3ccccc3CC2)cc1F. The van der Waals surface area contributed by atoms with Crippen LogP contribution < -0.4 is 5.32 Å². The number of aliphatic imine (C=N–C) groups is 1.